The molecule has 3 atom stereocenters. The minimum Gasteiger partial charge on any atom is -0.481 e. The van der Waals surface area contributed by atoms with Gasteiger partial charge < -0.3 is 19.3 Å². The Hall–Kier alpha value is -1.63. The molecule has 0 radical (unpaired) electrons. The number of ether oxygens (including phenoxy) is 3. The summed E-state index contributed by atoms with van der Waals surface area (Å²) in [4.78, 5) is 36.6. The summed E-state index contributed by atoms with van der Waals surface area (Å²) in [6.07, 6.45) is 2.56. The van der Waals surface area contributed by atoms with E-state index in [0.717, 1.165) is 12.8 Å². The third-order valence-electron chi connectivity index (χ3n) is 5.00. The fraction of sp³-hybridized carbons (Fsp3) is 0.842. The Kier molecular flexibility index (Phi) is 8.06. The maximum atomic E-state index is 12.9. The van der Waals surface area contributed by atoms with E-state index in [0.29, 0.717) is 19.4 Å². The first-order valence-corrected chi connectivity index (χ1v) is 9.19. The van der Waals surface area contributed by atoms with Gasteiger partial charge in [0.1, 0.15) is 0 Å². The normalized spacial score (nSPS) is 21.3. The molecule has 0 aromatic heterocycles. The van der Waals surface area contributed by atoms with Crippen LogP contribution in [-0.4, -0.2) is 43.0 Å². The van der Waals surface area contributed by atoms with Gasteiger partial charge in [-0.3, -0.25) is 14.4 Å². The summed E-state index contributed by atoms with van der Waals surface area (Å²) in [5.41, 5.74) is -2.28. The van der Waals surface area contributed by atoms with E-state index in [1.54, 1.807) is 20.8 Å². The topological polar surface area (TPSA) is 99.1 Å². The van der Waals surface area contributed by atoms with Crippen LogP contribution in [0.4, 0.5) is 0 Å². The van der Waals surface area contributed by atoms with Crippen molar-refractivity contribution >= 4 is 17.9 Å². The molecule has 0 bridgehead atoms. The summed E-state index contributed by atoms with van der Waals surface area (Å²) < 4.78 is 15.8. The fourth-order valence-corrected chi connectivity index (χ4v) is 3.45. The predicted octanol–water partition coefficient (Wildman–Crippen LogP) is 3.15. The van der Waals surface area contributed by atoms with Crippen molar-refractivity contribution in [1.82, 2.24) is 0 Å². The molecule has 1 heterocycles. The summed E-state index contributed by atoms with van der Waals surface area (Å²) in [5.74, 6) is -2.44. The number of hydrogen-bond acceptors (Lipinski definition) is 6. The molecule has 0 aliphatic carbocycles. The van der Waals surface area contributed by atoms with Gasteiger partial charge in [0.05, 0.1) is 30.5 Å². The van der Waals surface area contributed by atoms with E-state index < -0.39 is 40.9 Å². The number of hydrogen-bond donors (Lipinski definition) is 1. The predicted molar refractivity (Wildman–Crippen MR) is 94.2 cm³/mol. The summed E-state index contributed by atoms with van der Waals surface area (Å²) in [6, 6.07) is 0. The monoisotopic (exact) mass is 372 g/mol. The van der Waals surface area contributed by atoms with Gasteiger partial charge in [0.2, 0.25) is 6.29 Å². The quantitative estimate of drug-likeness (QED) is 0.621. The van der Waals surface area contributed by atoms with Crippen LogP contribution in [0.5, 0.6) is 0 Å². The molecule has 150 valence electrons. The largest absolute Gasteiger partial charge is 0.481 e. The van der Waals surface area contributed by atoms with Gasteiger partial charge in [-0.2, -0.15) is 0 Å². The van der Waals surface area contributed by atoms with Crippen molar-refractivity contribution in [2.24, 2.45) is 16.7 Å². The van der Waals surface area contributed by atoms with Crippen LogP contribution >= 0.6 is 0 Å². The molecule has 7 nitrogen and oxygen atoms in total. The number of carbonyl (C=O) groups excluding carboxylic acids is 2. The Morgan fingerprint density at radius 1 is 1.23 bits per heavy atom. The molecule has 0 spiro atoms. The number of carbonyl (C=O) groups is 3. The average molecular weight is 372 g/mol. The molecule has 1 aliphatic rings. The van der Waals surface area contributed by atoms with Gasteiger partial charge in [0.15, 0.2) is 0 Å². The van der Waals surface area contributed by atoms with Crippen molar-refractivity contribution in [3.63, 3.8) is 0 Å². The molecule has 26 heavy (non-hydrogen) atoms. The van der Waals surface area contributed by atoms with Crippen molar-refractivity contribution in [2.75, 3.05) is 13.7 Å². The first-order valence-electron chi connectivity index (χ1n) is 9.19. The van der Waals surface area contributed by atoms with E-state index in [1.807, 2.05) is 6.92 Å². The third-order valence-corrected chi connectivity index (χ3v) is 5.00. The van der Waals surface area contributed by atoms with Crippen molar-refractivity contribution in [3.8, 4) is 0 Å². The zero-order valence-corrected chi connectivity index (χ0v) is 16.5. The Bertz CT molecular complexity index is 508. The molecule has 1 fully saturated rings. The van der Waals surface area contributed by atoms with Crippen LogP contribution in [0.1, 0.15) is 66.2 Å². The summed E-state index contributed by atoms with van der Waals surface area (Å²) in [6.45, 7) is 7.16. The van der Waals surface area contributed by atoms with Crippen molar-refractivity contribution < 1.29 is 33.7 Å². The molecule has 7 heteroatoms. The number of carboxylic acids is 1. The van der Waals surface area contributed by atoms with Crippen LogP contribution in [0.3, 0.4) is 0 Å². The second kappa shape index (κ2) is 9.35. The highest BCUT2D eigenvalue weighted by atomic mass is 16.7. The summed E-state index contributed by atoms with van der Waals surface area (Å²) in [7, 11) is 1.30. The lowest BCUT2D eigenvalue weighted by Gasteiger charge is -2.36. The highest BCUT2D eigenvalue weighted by Gasteiger charge is 2.46. The van der Waals surface area contributed by atoms with Gasteiger partial charge in [-0.1, -0.05) is 6.92 Å². The molecule has 0 amide bonds. The molecule has 0 aromatic carbocycles. The second-order valence-corrected chi connectivity index (χ2v) is 7.96. The third kappa shape index (κ3) is 5.97. The Morgan fingerprint density at radius 2 is 1.88 bits per heavy atom. The standard InChI is InChI=1S/C19H32O7/c1-6-13(15(20)24-5)11-19(4,12-18(2,3)16(21)22)17(23)26-14-9-7-8-10-25-14/h13-14H,6-12H2,1-5H3,(H,21,22). The SMILES string of the molecule is CCC(CC(C)(CC(C)(C)C(=O)O)C(=O)OC1CCCCO1)C(=O)OC. The van der Waals surface area contributed by atoms with Gasteiger partial charge in [0, 0.05) is 6.42 Å². The first kappa shape index (κ1) is 22.4. The minimum absolute atomic E-state index is 0.0500. The maximum absolute atomic E-state index is 12.9. The van der Waals surface area contributed by atoms with E-state index in [-0.39, 0.29) is 12.8 Å². The molecular weight excluding hydrogens is 340 g/mol. The zero-order chi connectivity index (χ0) is 20.0. The van der Waals surface area contributed by atoms with Gasteiger partial charge in [-0.05, 0) is 52.9 Å². The van der Waals surface area contributed by atoms with Crippen LogP contribution < -0.4 is 0 Å². The zero-order valence-electron chi connectivity index (χ0n) is 16.5. The Labute approximate surface area is 155 Å². The second-order valence-electron chi connectivity index (χ2n) is 7.96. The summed E-state index contributed by atoms with van der Waals surface area (Å²) in [5, 5.41) is 9.49. The van der Waals surface area contributed by atoms with E-state index in [2.05, 4.69) is 0 Å². The van der Waals surface area contributed by atoms with Crippen LogP contribution in [0.25, 0.3) is 0 Å². The van der Waals surface area contributed by atoms with E-state index in [9.17, 15) is 19.5 Å². The lowest BCUT2D eigenvalue weighted by atomic mass is 9.69. The Balaban J connectivity index is 3.03. The molecule has 1 aliphatic heterocycles. The number of aliphatic carboxylic acids is 1. The van der Waals surface area contributed by atoms with Crippen molar-refractivity contribution in [3.05, 3.63) is 0 Å². The number of carboxylic acid groups (broad SMARTS) is 1. The number of methoxy groups -OCH3 is 1. The van der Waals surface area contributed by atoms with Gasteiger partial charge in [-0.15, -0.1) is 0 Å². The lowest BCUT2D eigenvalue weighted by molar-refractivity contribution is -0.199. The highest BCUT2D eigenvalue weighted by molar-refractivity contribution is 5.81. The lowest BCUT2D eigenvalue weighted by Crippen LogP contribution is -2.42. The molecule has 1 N–H and O–H groups in total. The van der Waals surface area contributed by atoms with Crippen LogP contribution in [0.15, 0.2) is 0 Å². The maximum Gasteiger partial charge on any atom is 0.314 e. The van der Waals surface area contributed by atoms with Crippen LogP contribution in [0.2, 0.25) is 0 Å². The van der Waals surface area contributed by atoms with Crippen molar-refractivity contribution in [2.45, 2.75) is 72.5 Å². The number of rotatable bonds is 9. The molecule has 1 saturated heterocycles. The van der Waals surface area contributed by atoms with Crippen molar-refractivity contribution in [1.29, 1.82) is 0 Å². The molecule has 1 rings (SSSR count). The average Bonchev–Trinajstić information content (AvgIpc) is 2.59. The van der Waals surface area contributed by atoms with E-state index in [4.69, 9.17) is 14.2 Å². The molecule has 0 saturated carbocycles. The summed E-state index contributed by atoms with van der Waals surface area (Å²) >= 11 is 0. The molecule has 3 unspecified atom stereocenters. The minimum atomic E-state index is -1.14. The van der Waals surface area contributed by atoms with Gasteiger partial charge >= 0.3 is 17.9 Å². The van der Waals surface area contributed by atoms with Gasteiger partial charge in [0.25, 0.3) is 0 Å². The van der Waals surface area contributed by atoms with Crippen LogP contribution in [0, 0.1) is 16.7 Å². The molecular formula is C19H32O7. The fourth-order valence-electron chi connectivity index (χ4n) is 3.45. The number of esters is 2. The molecule has 0 aromatic rings. The van der Waals surface area contributed by atoms with E-state index in [1.165, 1.54) is 7.11 Å². The van der Waals surface area contributed by atoms with Crippen LogP contribution in [-0.2, 0) is 28.6 Å². The highest BCUT2D eigenvalue weighted by Crippen LogP contribution is 2.41. The first-order chi connectivity index (χ1) is 12.1. The Morgan fingerprint density at radius 3 is 2.35 bits per heavy atom. The van der Waals surface area contributed by atoms with Gasteiger partial charge in [-0.25, -0.2) is 0 Å². The smallest absolute Gasteiger partial charge is 0.314 e. The van der Waals surface area contributed by atoms with E-state index >= 15 is 0 Å².